The Hall–Kier alpha value is -1.35. The SMILES string of the molecule is CC(C)Cc1ccc([C@H](C)N[C@H](C)CC(N)=O)cc1. The van der Waals surface area contributed by atoms with Crippen molar-refractivity contribution >= 4 is 5.91 Å². The Balaban J connectivity index is 2.57. The Labute approximate surface area is 116 Å². The maximum Gasteiger partial charge on any atom is 0.218 e. The fraction of sp³-hybridized carbons (Fsp3) is 0.562. The van der Waals surface area contributed by atoms with E-state index in [0.29, 0.717) is 12.3 Å². The number of hydrogen-bond acceptors (Lipinski definition) is 2. The smallest absolute Gasteiger partial charge is 0.218 e. The third kappa shape index (κ3) is 5.88. The van der Waals surface area contributed by atoms with Gasteiger partial charge in [0.15, 0.2) is 0 Å². The summed E-state index contributed by atoms with van der Waals surface area (Å²) in [5.74, 6) is 0.413. The second kappa shape index (κ2) is 7.29. The van der Waals surface area contributed by atoms with Gasteiger partial charge in [0.05, 0.1) is 0 Å². The third-order valence-corrected chi connectivity index (χ3v) is 3.17. The van der Waals surface area contributed by atoms with Crippen molar-refractivity contribution in [2.45, 2.75) is 52.6 Å². The van der Waals surface area contributed by atoms with Crippen molar-refractivity contribution in [3.8, 4) is 0 Å². The van der Waals surface area contributed by atoms with E-state index >= 15 is 0 Å². The summed E-state index contributed by atoms with van der Waals surface area (Å²) in [5.41, 5.74) is 7.81. The summed E-state index contributed by atoms with van der Waals surface area (Å²) >= 11 is 0. The van der Waals surface area contributed by atoms with Gasteiger partial charge in [-0.25, -0.2) is 0 Å². The molecule has 1 aromatic carbocycles. The van der Waals surface area contributed by atoms with Crippen LogP contribution in [0.5, 0.6) is 0 Å². The molecule has 0 fully saturated rings. The summed E-state index contributed by atoms with van der Waals surface area (Å²) in [5, 5.41) is 3.39. The number of hydrogen-bond donors (Lipinski definition) is 2. The highest BCUT2D eigenvalue weighted by atomic mass is 16.1. The molecule has 0 radical (unpaired) electrons. The van der Waals surface area contributed by atoms with E-state index in [9.17, 15) is 4.79 Å². The van der Waals surface area contributed by atoms with Crippen LogP contribution in [0.2, 0.25) is 0 Å². The van der Waals surface area contributed by atoms with Gasteiger partial charge in [0.25, 0.3) is 0 Å². The highest BCUT2D eigenvalue weighted by molar-refractivity contribution is 5.74. The van der Waals surface area contributed by atoms with E-state index < -0.39 is 0 Å². The van der Waals surface area contributed by atoms with E-state index in [2.05, 4.69) is 50.4 Å². The van der Waals surface area contributed by atoms with E-state index in [1.807, 2.05) is 6.92 Å². The number of amides is 1. The van der Waals surface area contributed by atoms with Gasteiger partial charge < -0.3 is 11.1 Å². The van der Waals surface area contributed by atoms with Gasteiger partial charge in [0.2, 0.25) is 5.91 Å². The van der Waals surface area contributed by atoms with Gasteiger partial charge in [-0.3, -0.25) is 4.79 Å². The van der Waals surface area contributed by atoms with E-state index in [0.717, 1.165) is 6.42 Å². The topological polar surface area (TPSA) is 55.1 Å². The van der Waals surface area contributed by atoms with E-state index in [4.69, 9.17) is 5.73 Å². The molecule has 106 valence electrons. The molecule has 0 bridgehead atoms. The molecule has 0 heterocycles. The molecule has 1 amide bonds. The van der Waals surface area contributed by atoms with Crippen LogP contribution in [-0.2, 0) is 11.2 Å². The predicted octanol–water partition coefficient (Wildman–Crippen LogP) is 2.80. The summed E-state index contributed by atoms with van der Waals surface area (Å²) in [6.45, 7) is 8.54. The van der Waals surface area contributed by atoms with Crippen molar-refractivity contribution in [3.05, 3.63) is 35.4 Å². The highest BCUT2D eigenvalue weighted by Gasteiger charge is 2.11. The number of nitrogens with one attached hydrogen (secondary N) is 1. The van der Waals surface area contributed by atoms with Crippen LogP contribution in [0.3, 0.4) is 0 Å². The average molecular weight is 262 g/mol. The van der Waals surface area contributed by atoms with Crippen LogP contribution in [0, 0.1) is 5.92 Å². The Bertz CT molecular complexity index is 398. The lowest BCUT2D eigenvalue weighted by Gasteiger charge is -2.19. The Kier molecular flexibility index (Phi) is 6.03. The van der Waals surface area contributed by atoms with Crippen LogP contribution in [-0.4, -0.2) is 11.9 Å². The summed E-state index contributed by atoms with van der Waals surface area (Å²) in [7, 11) is 0. The normalized spacial score (nSPS) is 14.4. The van der Waals surface area contributed by atoms with Gasteiger partial charge in [-0.2, -0.15) is 0 Å². The second-order valence-corrected chi connectivity index (χ2v) is 5.80. The lowest BCUT2D eigenvalue weighted by Crippen LogP contribution is -2.32. The minimum atomic E-state index is -0.264. The van der Waals surface area contributed by atoms with Crippen LogP contribution in [0.1, 0.15) is 51.3 Å². The molecule has 19 heavy (non-hydrogen) atoms. The van der Waals surface area contributed by atoms with Crippen molar-refractivity contribution < 1.29 is 4.79 Å². The molecule has 0 aromatic heterocycles. The van der Waals surface area contributed by atoms with Gasteiger partial charge >= 0.3 is 0 Å². The van der Waals surface area contributed by atoms with Crippen molar-refractivity contribution in [2.24, 2.45) is 11.7 Å². The summed E-state index contributed by atoms with van der Waals surface area (Å²) in [4.78, 5) is 10.9. The van der Waals surface area contributed by atoms with Crippen LogP contribution in [0.4, 0.5) is 0 Å². The van der Waals surface area contributed by atoms with Crippen LogP contribution in [0.25, 0.3) is 0 Å². The number of carbonyl (C=O) groups is 1. The molecule has 0 spiro atoms. The molecule has 1 rings (SSSR count). The number of nitrogens with two attached hydrogens (primary N) is 1. The summed E-state index contributed by atoms with van der Waals surface area (Å²) in [6.07, 6.45) is 1.48. The van der Waals surface area contributed by atoms with Gasteiger partial charge in [-0.1, -0.05) is 38.1 Å². The van der Waals surface area contributed by atoms with Crippen molar-refractivity contribution in [1.82, 2.24) is 5.32 Å². The monoisotopic (exact) mass is 262 g/mol. The van der Waals surface area contributed by atoms with E-state index in [1.54, 1.807) is 0 Å². The van der Waals surface area contributed by atoms with Crippen LogP contribution >= 0.6 is 0 Å². The van der Waals surface area contributed by atoms with Gasteiger partial charge in [-0.15, -0.1) is 0 Å². The quantitative estimate of drug-likeness (QED) is 0.794. The first-order chi connectivity index (χ1) is 8.88. The number of carbonyl (C=O) groups excluding carboxylic acids is 1. The number of rotatable bonds is 7. The van der Waals surface area contributed by atoms with Crippen molar-refractivity contribution in [2.75, 3.05) is 0 Å². The zero-order valence-electron chi connectivity index (χ0n) is 12.4. The first-order valence-corrected chi connectivity index (χ1v) is 7.01. The lowest BCUT2D eigenvalue weighted by molar-refractivity contribution is -0.118. The Morgan fingerprint density at radius 3 is 2.21 bits per heavy atom. The molecule has 0 saturated heterocycles. The predicted molar refractivity (Wildman–Crippen MR) is 79.8 cm³/mol. The molecule has 3 N–H and O–H groups in total. The standard InChI is InChI=1S/C16H26N2O/c1-11(2)9-14-5-7-15(8-6-14)13(4)18-12(3)10-16(17)19/h5-8,11-13,18H,9-10H2,1-4H3,(H2,17,19)/t12-,13+/m1/s1. The van der Waals surface area contributed by atoms with Crippen LogP contribution < -0.4 is 11.1 Å². The fourth-order valence-corrected chi connectivity index (χ4v) is 2.30. The molecule has 3 heteroatoms. The first-order valence-electron chi connectivity index (χ1n) is 7.01. The molecular weight excluding hydrogens is 236 g/mol. The number of primary amides is 1. The first kappa shape index (κ1) is 15.7. The molecule has 0 unspecified atom stereocenters. The minimum absolute atomic E-state index is 0.0999. The lowest BCUT2D eigenvalue weighted by atomic mass is 9.99. The van der Waals surface area contributed by atoms with E-state index in [-0.39, 0.29) is 18.0 Å². The third-order valence-electron chi connectivity index (χ3n) is 3.17. The van der Waals surface area contributed by atoms with Gasteiger partial charge in [0.1, 0.15) is 0 Å². The Morgan fingerprint density at radius 2 is 1.74 bits per heavy atom. The molecule has 1 aromatic rings. The molecule has 0 saturated carbocycles. The van der Waals surface area contributed by atoms with Crippen LogP contribution in [0.15, 0.2) is 24.3 Å². The zero-order chi connectivity index (χ0) is 14.4. The zero-order valence-corrected chi connectivity index (χ0v) is 12.4. The van der Waals surface area contributed by atoms with Gasteiger partial charge in [-0.05, 0) is 37.3 Å². The van der Waals surface area contributed by atoms with Crippen molar-refractivity contribution in [3.63, 3.8) is 0 Å². The molecule has 0 aliphatic heterocycles. The second-order valence-electron chi connectivity index (χ2n) is 5.80. The molecular formula is C16H26N2O. The molecule has 0 aliphatic rings. The highest BCUT2D eigenvalue weighted by Crippen LogP contribution is 2.16. The largest absolute Gasteiger partial charge is 0.370 e. The summed E-state index contributed by atoms with van der Waals surface area (Å²) in [6, 6.07) is 9.02. The maximum atomic E-state index is 10.9. The fourth-order valence-electron chi connectivity index (χ4n) is 2.30. The molecule has 2 atom stereocenters. The maximum absolute atomic E-state index is 10.9. The number of benzene rings is 1. The van der Waals surface area contributed by atoms with E-state index in [1.165, 1.54) is 11.1 Å². The Morgan fingerprint density at radius 1 is 1.16 bits per heavy atom. The summed E-state index contributed by atoms with van der Waals surface area (Å²) < 4.78 is 0. The average Bonchev–Trinajstić information content (AvgIpc) is 2.27. The molecule has 3 nitrogen and oxygen atoms in total. The minimum Gasteiger partial charge on any atom is -0.370 e. The van der Waals surface area contributed by atoms with Gasteiger partial charge in [0, 0.05) is 18.5 Å². The van der Waals surface area contributed by atoms with Crippen molar-refractivity contribution in [1.29, 1.82) is 0 Å². The molecule has 0 aliphatic carbocycles.